The fourth-order valence-electron chi connectivity index (χ4n) is 0.859. The van der Waals surface area contributed by atoms with Crippen LogP contribution in [0.5, 0.6) is 0 Å². The minimum atomic E-state index is 0.728. The van der Waals surface area contributed by atoms with Crippen LogP contribution in [-0.4, -0.2) is 18.7 Å². The largest absolute Gasteiger partial charge is 0.359 e. The maximum absolute atomic E-state index is 9.83. The number of nitriles is 1. The summed E-state index contributed by atoms with van der Waals surface area (Å²) in [6.45, 7) is 0.773. The Bertz CT molecular complexity index is 144. The van der Waals surface area contributed by atoms with E-state index >= 15 is 0 Å². The number of amides is 1. The molecule has 0 fully saturated rings. The van der Waals surface area contributed by atoms with Crippen molar-refractivity contribution >= 4 is 18.2 Å². The number of nitrogens with one attached hydrogen (secondary N) is 1. The van der Waals surface area contributed by atoms with E-state index in [-0.39, 0.29) is 0 Å². The second-order valence-electron chi connectivity index (χ2n) is 2.43. The minimum Gasteiger partial charge on any atom is -0.359 e. The summed E-state index contributed by atoms with van der Waals surface area (Å²) in [5.41, 5.74) is 0. The Kier molecular flexibility index (Phi) is 9.72. The zero-order valence-electron chi connectivity index (χ0n) is 7.08. The van der Waals surface area contributed by atoms with E-state index in [1.165, 1.54) is 11.8 Å². The number of thiocyanates is 1. The van der Waals surface area contributed by atoms with Gasteiger partial charge in [-0.3, -0.25) is 4.79 Å². The number of unbranched alkanes of at least 4 members (excludes halogenated alkanes) is 3. The van der Waals surface area contributed by atoms with Crippen LogP contribution in [0.25, 0.3) is 0 Å². The maximum atomic E-state index is 9.83. The van der Waals surface area contributed by atoms with Gasteiger partial charge in [0.1, 0.15) is 5.40 Å². The first-order valence-corrected chi connectivity index (χ1v) is 5.08. The van der Waals surface area contributed by atoms with Gasteiger partial charge in [0.2, 0.25) is 6.41 Å². The summed E-state index contributed by atoms with van der Waals surface area (Å²) in [5.74, 6) is 0.928. The summed E-state index contributed by atoms with van der Waals surface area (Å²) in [6, 6.07) is 0. The second-order valence-corrected chi connectivity index (χ2v) is 3.31. The molecule has 0 rings (SSSR count). The van der Waals surface area contributed by atoms with E-state index < -0.39 is 0 Å². The van der Waals surface area contributed by atoms with Crippen molar-refractivity contribution in [3.8, 4) is 5.40 Å². The first kappa shape index (κ1) is 11.3. The summed E-state index contributed by atoms with van der Waals surface area (Å²) in [6.07, 6.45) is 5.14. The molecule has 12 heavy (non-hydrogen) atoms. The van der Waals surface area contributed by atoms with Crippen LogP contribution in [0, 0.1) is 10.7 Å². The lowest BCUT2D eigenvalue weighted by molar-refractivity contribution is -0.109. The highest BCUT2D eigenvalue weighted by molar-refractivity contribution is 8.03. The number of thioether (sulfide) groups is 1. The fraction of sp³-hybridized carbons (Fsp3) is 0.750. The van der Waals surface area contributed by atoms with Gasteiger partial charge in [-0.2, -0.15) is 5.26 Å². The number of hydrogen-bond acceptors (Lipinski definition) is 3. The van der Waals surface area contributed by atoms with Gasteiger partial charge in [0.05, 0.1) is 0 Å². The third-order valence-electron chi connectivity index (χ3n) is 1.47. The summed E-state index contributed by atoms with van der Waals surface area (Å²) in [5, 5.41) is 12.9. The normalized spacial score (nSPS) is 8.92. The molecule has 0 bridgehead atoms. The SMILES string of the molecule is N#CSCCCCCCNC=O. The molecule has 3 nitrogen and oxygen atoms in total. The molecule has 0 atom stereocenters. The number of carbonyl (C=O) groups excluding carboxylic acids is 1. The predicted octanol–water partition coefficient (Wildman–Crippen LogP) is 1.51. The van der Waals surface area contributed by atoms with Gasteiger partial charge in [0, 0.05) is 12.3 Å². The highest BCUT2D eigenvalue weighted by Gasteiger charge is 1.89. The van der Waals surface area contributed by atoms with Crippen molar-refractivity contribution < 1.29 is 4.79 Å². The summed E-state index contributed by atoms with van der Waals surface area (Å²) in [4.78, 5) is 9.83. The summed E-state index contributed by atoms with van der Waals surface area (Å²) >= 11 is 1.31. The van der Waals surface area contributed by atoms with Gasteiger partial charge in [-0.15, -0.1) is 0 Å². The molecule has 0 spiro atoms. The Labute approximate surface area is 77.5 Å². The third-order valence-corrected chi connectivity index (χ3v) is 2.09. The van der Waals surface area contributed by atoms with Crippen molar-refractivity contribution in [3.05, 3.63) is 0 Å². The van der Waals surface area contributed by atoms with Gasteiger partial charge < -0.3 is 5.32 Å². The number of hydrogen-bond donors (Lipinski definition) is 1. The molecule has 0 aliphatic heterocycles. The van der Waals surface area contributed by atoms with Crippen LogP contribution >= 0.6 is 11.8 Å². The Morgan fingerprint density at radius 2 is 2.08 bits per heavy atom. The van der Waals surface area contributed by atoms with Gasteiger partial charge in [-0.25, -0.2) is 0 Å². The molecular formula is C8H14N2OS. The zero-order valence-corrected chi connectivity index (χ0v) is 7.90. The average Bonchev–Trinajstić information content (AvgIpc) is 2.10. The van der Waals surface area contributed by atoms with Crippen molar-refractivity contribution in [1.29, 1.82) is 5.26 Å². The van der Waals surface area contributed by atoms with Crippen LogP contribution in [0.2, 0.25) is 0 Å². The molecule has 0 aliphatic carbocycles. The monoisotopic (exact) mass is 186 g/mol. The topological polar surface area (TPSA) is 52.9 Å². The molecule has 1 amide bonds. The lowest BCUT2D eigenvalue weighted by atomic mass is 10.2. The lowest BCUT2D eigenvalue weighted by Gasteiger charge is -1.98. The molecule has 68 valence electrons. The maximum Gasteiger partial charge on any atom is 0.207 e. The van der Waals surface area contributed by atoms with E-state index in [1.807, 2.05) is 5.40 Å². The molecule has 0 unspecified atom stereocenters. The molecule has 0 saturated carbocycles. The zero-order chi connectivity index (χ0) is 9.07. The van der Waals surface area contributed by atoms with Crippen molar-refractivity contribution in [2.24, 2.45) is 0 Å². The molecule has 0 aromatic rings. The molecule has 0 heterocycles. The summed E-state index contributed by atoms with van der Waals surface area (Å²) < 4.78 is 0. The first-order valence-electron chi connectivity index (χ1n) is 4.09. The van der Waals surface area contributed by atoms with Crippen LogP contribution in [0.3, 0.4) is 0 Å². The van der Waals surface area contributed by atoms with Gasteiger partial charge in [-0.05, 0) is 24.6 Å². The second kappa shape index (κ2) is 10.3. The van der Waals surface area contributed by atoms with E-state index in [4.69, 9.17) is 5.26 Å². The van der Waals surface area contributed by atoms with Crippen LogP contribution in [-0.2, 0) is 4.79 Å². The molecule has 0 aromatic carbocycles. The average molecular weight is 186 g/mol. The Morgan fingerprint density at radius 3 is 2.75 bits per heavy atom. The lowest BCUT2D eigenvalue weighted by Crippen LogP contribution is -2.11. The number of carbonyl (C=O) groups is 1. The van der Waals surface area contributed by atoms with Gasteiger partial charge >= 0.3 is 0 Å². The van der Waals surface area contributed by atoms with Gasteiger partial charge in [0.25, 0.3) is 0 Å². The van der Waals surface area contributed by atoms with E-state index in [2.05, 4.69) is 5.32 Å². The quantitative estimate of drug-likeness (QED) is 0.355. The van der Waals surface area contributed by atoms with Crippen LogP contribution in [0.1, 0.15) is 25.7 Å². The van der Waals surface area contributed by atoms with Crippen molar-refractivity contribution in [2.45, 2.75) is 25.7 Å². The van der Waals surface area contributed by atoms with E-state index in [0.29, 0.717) is 0 Å². The van der Waals surface area contributed by atoms with Crippen molar-refractivity contribution in [3.63, 3.8) is 0 Å². The molecule has 0 radical (unpaired) electrons. The smallest absolute Gasteiger partial charge is 0.207 e. The van der Waals surface area contributed by atoms with Crippen LogP contribution < -0.4 is 5.32 Å². The standard InChI is InChI=1S/C8H14N2OS/c9-7-12-6-4-2-1-3-5-10-8-11/h8H,1-6H2,(H,10,11). The minimum absolute atomic E-state index is 0.728. The van der Waals surface area contributed by atoms with E-state index in [0.717, 1.165) is 44.4 Å². The Balaban J connectivity index is 2.82. The van der Waals surface area contributed by atoms with Crippen LogP contribution in [0.4, 0.5) is 0 Å². The van der Waals surface area contributed by atoms with Crippen LogP contribution in [0.15, 0.2) is 0 Å². The molecule has 4 heteroatoms. The van der Waals surface area contributed by atoms with Crippen molar-refractivity contribution in [2.75, 3.05) is 12.3 Å². The highest BCUT2D eigenvalue weighted by Crippen LogP contribution is 2.05. The van der Waals surface area contributed by atoms with Gasteiger partial charge in [0.15, 0.2) is 0 Å². The van der Waals surface area contributed by atoms with Gasteiger partial charge in [-0.1, -0.05) is 12.8 Å². The first-order chi connectivity index (χ1) is 5.91. The third kappa shape index (κ3) is 9.31. The number of nitrogens with zero attached hydrogens (tertiary/aromatic N) is 1. The molecular weight excluding hydrogens is 172 g/mol. The Hall–Kier alpha value is -0.690. The predicted molar refractivity (Wildman–Crippen MR) is 50.6 cm³/mol. The molecule has 0 saturated heterocycles. The summed E-state index contributed by atoms with van der Waals surface area (Å²) in [7, 11) is 0. The molecule has 1 N–H and O–H groups in total. The number of rotatable bonds is 8. The highest BCUT2D eigenvalue weighted by atomic mass is 32.2. The van der Waals surface area contributed by atoms with Crippen molar-refractivity contribution in [1.82, 2.24) is 5.32 Å². The van der Waals surface area contributed by atoms with E-state index in [1.54, 1.807) is 0 Å². The Morgan fingerprint density at radius 1 is 1.33 bits per heavy atom. The fourth-order valence-corrected chi connectivity index (χ4v) is 1.30. The van der Waals surface area contributed by atoms with E-state index in [9.17, 15) is 4.79 Å². The molecule has 0 aliphatic rings. The molecule has 0 aromatic heterocycles.